The zero-order valence-electron chi connectivity index (χ0n) is 13.7. The van der Waals surface area contributed by atoms with E-state index in [1.54, 1.807) is 24.3 Å². The number of halogens is 2. The van der Waals surface area contributed by atoms with Gasteiger partial charge in [-0.15, -0.1) is 0 Å². The zero-order chi connectivity index (χ0) is 19.3. The van der Waals surface area contributed by atoms with Crippen LogP contribution in [0.5, 0.6) is 0 Å². The standard InChI is InChI=1S/C19H12Cl2N2O4/c20-11-6-13-14(7-12(11)21)23-18-16(10(19(26)27)5-15(24)25)8-3-1-2-4-9(8)17(18)22-13/h1-4,6-7,10,16H,5H2,(H,24,25)(H,26,27). The van der Waals surface area contributed by atoms with E-state index in [-0.39, 0.29) is 0 Å². The molecule has 8 heteroatoms. The molecule has 27 heavy (non-hydrogen) atoms. The molecule has 0 saturated carbocycles. The first-order valence-electron chi connectivity index (χ1n) is 8.07. The summed E-state index contributed by atoms with van der Waals surface area (Å²) in [5.41, 5.74) is 3.43. The third-order valence-electron chi connectivity index (χ3n) is 4.69. The van der Waals surface area contributed by atoms with Crippen LogP contribution < -0.4 is 0 Å². The van der Waals surface area contributed by atoms with Crippen molar-refractivity contribution in [2.24, 2.45) is 5.92 Å². The van der Waals surface area contributed by atoms with Crippen molar-refractivity contribution < 1.29 is 19.8 Å². The molecule has 2 aromatic carbocycles. The normalized spacial score (nSPS) is 16.0. The molecule has 1 aliphatic rings. The Morgan fingerprint density at radius 2 is 1.67 bits per heavy atom. The van der Waals surface area contributed by atoms with E-state index in [1.807, 2.05) is 12.1 Å². The minimum atomic E-state index is -1.19. The van der Waals surface area contributed by atoms with Gasteiger partial charge in [0.15, 0.2) is 0 Å². The largest absolute Gasteiger partial charge is 0.481 e. The summed E-state index contributed by atoms with van der Waals surface area (Å²) >= 11 is 12.1. The van der Waals surface area contributed by atoms with E-state index in [4.69, 9.17) is 23.2 Å². The third kappa shape index (κ3) is 2.91. The van der Waals surface area contributed by atoms with Gasteiger partial charge in [0.25, 0.3) is 0 Å². The summed E-state index contributed by atoms with van der Waals surface area (Å²) in [4.78, 5) is 32.3. The SMILES string of the molecule is O=C(O)CC(C(=O)O)C1c2ccccc2-c2nc3cc(Cl)c(Cl)cc3nc21. The second-order valence-electron chi connectivity index (χ2n) is 6.32. The highest BCUT2D eigenvalue weighted by Crippen LogP contribution is 2.48. The third-order valence-corrected chi connectivity index (χ3v) is 5.42. The lowest BCUT2D eigenvalue weighted by Crippen LogP contribution is -2.25. The molecule has 0 amide bonds. The van der Waals surface area contributed by atoms with E-state index >= 15 is 0 Å². The van der Waals surface area contributed by atoms with Crippen molar-refractivity contribution in [3.8, 4) is 11.3 Å². The Kier molecular flexibility index (Phi) is 4.25. The molecule has 1 aliphatic carbocycles. The van der Waals surface area contributed by atoms with E-state index in [9.17, 15) is 19.8 Å². The van der Waals surface area contributed by atoms with E-state index in [0.717, 1.165) is 5.56 Å². The van der Waals surface area contributed by atoms with Crippen LogP contribution in [0.3, 0.4) is 0 Å². The molecule has 2 atom stereocenters. The van der Waals surface area contributed by atoms with Gasteiger partial charge in [0, 0.05) is 11.5 Å². The van der Waals surface area contributed by atoms with E-state index in [1.165, 1.54) is 0 Å². The first-order valence-corrected chi connectivity index (χ1v) is 8.83. The molecule has 4 rings (SSSR count). The van der Waals surface area contributed by atoms with Crippen LogP contribution in [-0.4, -0.2) is 32.1 Å². The van der Waals surface area contributed by atoms with Crippen molar-refractivity contribution in [1.29, 1.82) is 0 Å². The molecule has 0 bridgehead atoms. The second kappa shape index (κ2) is 6.48. The molecule has 0 radical (unpaired) electrons. The van der Waals surface area contributed by atoms with Gasteiger partial charge < -0.3 is 10.2 Å². The highest BCUT2D eigenvalue weighted by atomic mass is 35.5. The summed E-state index contributed by atoms with van der Waals surface area (Å²) < 4.78 is 0. The van der Waals surface area contributed by atoms with Crippen molar-refractivity contribution in [1.82, 2.24) is 9.97 Å². The molecule has 3 aromatic rings. The van der Waals surface area contributed by atoms with Crippen molar-refractivity contribution in [3.63, 3.8) is 0 Å². The van der Waals surface area contributed by atoms with Crippen molar-refractivity contribution in [2.45, 2.75) is 12.3 Å². The molecule has 136 valence electrons. The minimum absolute atomic E-state index is 0.311. The Morgan fingerprint density at radius 1 is 1.04 bits per heavy atom. The monoisotopic (exact) mass is 402 g/mol. The van der Waals surface area contributed by atoms with Crippen LogP contribution in [0.1, 0.15) is 23.6 Å². The lowest BCUT2D eigenvalue weighted by molar-refractivity contribution is -0.148. The van der Waals surface area contributed by atoms with Crippen LogP contribution >= 0.6 is 23.2 Å². The summed E-state index contributed by atoms with van der Waals surface area (Å²) in [6.07, 6.45) is -0.519. The number of carboxylic acid groups (broad SMARTS) is 2. The molecule has 6 nitrogen and oxygen atoms in total. The maximum Gasteiger partial charge on any atom is 0.308 e. The van der Waals surface area contributed by atoms with E-state index < -0.39 is 30.2 Å². The van der Waals surface area contributed by atoms with Gasteiger partial charge in [0.1, 0.15) is 0 Å². The minimum Gasteiger partial charge on any atom is -0.481 e. The Bertz CT molecular complexity index is 1120. The average molecular weight is 403 g/mol. The van der Waals surface area contributed by atoms with E-state index in [2.05, 4.69) is 9.97 Å². The number of carboxylic acids is 2. The molecular formula is C19H12Cl2N2O4. The quantitative estimate of drug-likeness (QED) is 0.677. The predicted octanol–water partition coefficient (Wildman–Crippen LogP) is 4.22. The van der Waals surface area contributed by atoms with Crippen LogP contribution in [0, 0.1) is 5.92 Å². The summed E-state index contributed by atoms with van der Waals surface area (Å²) in [6, 6.07) is 10.4. The van der Waals surface area contributed by atoms with Crippen LogP contribution in [-0.2, 0) is 9.59 Å². The highest BCUT2D eigenvalue weighted by molar-refractivity contribution is 6.42. The number of benzene rings is 2. The van der Waals surface area contributed by atoms with Crippen molar-refractivity contribution in [2.75, 3.05) is 0 Å². The fourth-order valence-corrected chi connectivity index (χ4v) is 3.87. The maximum atomic E-state index is 11.9. The Labute approximate surface area is 163 Å². The number of aromatic nitrogens is 2. The number of rotatable bonds is 4. The van der Waals surface area contributed by atoms with Crippen molar-refractivity contribution in [3.05, 3.63) is 57.7 Å². The molecule has 2 N–H and O–H groups in total. The first kappa shape index (κ1) is 17.7. The Hall–Kier alpha value is -2.70. The number of carbonyl (C=O) groups is 2. The van der Waals surface area contributed by atoms with Gasteiger partial charge in [0.05, 0.1) is 44.8 Å². The lowest BCUT2D eigenvalue weighted by Gasteiger charge is -2.19. The fraction of sp³-hybridized carbons (Fsp3) is 0.158. The lowest BCUT2D eigenvalue weighted by atomic mass is 9.84. The van der Waals surface area contributed by atoms with Crippen LogP contribution in [0.2, 0.25) is 10.0 Å². The topological polar surface area (TPSA) is 100 Å². The molecular weight excluding hydrogens is 391 g/mol. The maximum absolute atomic E-state index is 11.9. The van der Waals surface area contributed by atoms with Gasteiger partial charge in [-0.1, -0.05) is 47.5 Å². The zero-order valence-corrected chi connectivity index (χ0v) is 15.2. The molecule has 1 heterocycles. The summed E-state index contributed by atoms with van der Waals surface area (Å²) in [5, 5.41) is 19.5. The van der Waals surface area contributed by atoms with Crippen molar-refractivity contribution >= 4 is 46.2 Å². The second-order valence-corrected chi connectivity index (χ2v) is 7.13. The highest BCUT2D eigenvalue weighted by Gasteiger charge is 2.41. The molecule has 2 unspecified atom stereocenters. The first-order chi connectivity index (χ1) is 12.9. The molecule has 0 spiro atoms. The van der Waals surface area contributed by atoms with Gasteiger partial charge >= 0.3 is 11.9 Å². The van der Waals surface area contributed by atoms with Gasteiger partial charge in [-0.25, -0.2) is 9.97 Å². The van der Waals surface area contributed by atoms with Gasteiger partial charge in [0.2, 0.25) is 0 Å². The number of fused-ring (bicyclic) bond motifs is 4. The van der Waals surface area contributed by atoms with Gasteiger partial charge in [-0.05, 0) is 17.7 Å². The number of hydrogen-bond donors (Lipinski definition) is 2. The van der Waals surface area contributed by atoms with Gasteiger partial charge in [-0.3, -0.25) is 9.59 Å². The Balaban J connectivity index is 1.99. The molecule has 0 aliphatic heterocycles. The van der Waals surface area contributed by atoms with Crippen LogP contribution in [0.4, 0.5) is 0 Å². The number of nitrogens with zero attached hydrogens (tertiary/aromatic N) is 2. The van der Waals surface area contributed by atoms with Crippen LogP contribution in [0.25, 0.3) is 22.3 Å². The number of hydrogen-bond acceptors (Lipinski definition) is 4. The number of aliphatic carboxylic acids is 2. The summed E-state index contributed by atoms with van der Waals surface area (Å²) in [6.45, 7) is 0. The van der Waals surface area contributed by atoms with E-state index in [0.29, 0.717) is 38.0 Å². The Morgan fingerprint density at radius 3 is 2.30 bits per heavy atom. The fourth-order valence-electron chi connectivity index (χ4n) is 3.55. The molecule has 1 aromatic heterocycles. The smallest absolute Gasteiger partial charge is 0.308 e. The predicted molar refractivity (Wildman–Crippen MR) is 100 cm³/mol. The van der Waals surface area contributed by atoms with Gasteiger partial charge in [-0.2, -0.15) is 0 Å². The van der Waals surface area contributed by atoms with Crippen LogP contribution in [0.15, 0.2) is 36.4 Å². The molecule has 0 saturated heterocycles. The molecule has 0 fully saturated rings. The summed E-state index contributed by atoms with van der Waals surface area (Å²) in [7, 11) is 0. The average Bonchev–Trinajstić information content (AvgIpc) is 2.92. The summed E-state index contributed by atoms with van der Waals surface area (Å²) in [5.74, 6) is -4.26.